The minimum atomic E-state index is 0. The number of amides is 2. The molecule has 1 fully saturated rings. The maximum atomic E-state index is 12.9. The molecule has 0 saturated carbocycles. The zero-order chi connectivity index (χ0) is 19.3. The van der Waals surface area contributed by atoms with Crippen molar-refractivity contribution in [3.63, 3.8) is 0 Å². The van der Waals surface area contributed by atoms with Gasteiger partial charge in [-0.1, -0.05) is 18.2 Å². The second kappa shape index (κ2) is 9.76. The number of aryl methyl sites for hydroxylation is 1. The molecule has 1 N–H and O–H groups in total. The first kappa shape index (κ1) is 21.1. The molecular weight excluding hydrogens is 390 g/mol. The summed E-state index contributed by atoms with van der Waals surface area (Å²) in [6.45, 7) is 4.65. The van der Waals surface area contributed by atoms with Crippen LogP contribution in [-0.2, 0) is 11.2 Å². The lowest BCUT2D eigenvalue weighted by Gasteiger charge is -2.34. The number of ether oxygens (including phenoxy) is 1. The van der Waals surface area contributed by atoms with E-state index in [9.17, 15) is 9.59 Å². The number of hydrogen-bond acceptors (Lipinski definition) is 4. The summed E-state index contributed by atoms with van der Waals surface area (Å²) in [4.78, 5) is 28.6. The Kier molecular flexibility index (Phi) is 7.12. The molecule has 2 heterocycles. The van der Waals surface area contributed by atoms with Crippen molar-refractivity contribution in [3.05, 3.63) is 59.7 Å². The molecule has 2 aromatic carbocycles. The van der Waals surface area contributed by atoms with Crippen LogP contribution in [0, 0.1) is 0 Å². The van der Waals surface area contributed by atoms with Gasteiger partial charge in [-0.25, -0.2) is 0 Å². The number of nitrogens with one attached hydrogen (secondary N) is 1. The monoisotopic (exact) mass is 415 g/mol. The van der Waals surface area contributed by atoms with Gasteiger partial charge in [0.15, 0.2) is 0 Å². The van der Waals surface area contributed by atoms with Crippen molar-refractivity contribution in [2.24, 2.45) is 0 Å². The molecule has 6 nitrogen and oxygen atoms in total. The number of rotatable bonds is 5. The Balaban J connectivity index is 0.00000240. The number of nitrogens with zero attached hydrogens (tertiary/aromatic N) is 2. The Labute approximate surface area is 177 Å². The molecule has 29 heavy (non-hydrogen) atoms. The molecule has 0 aliphatic carbocycles. The highest BCUT2D eigenvalue weighted by Gasteiger charge is 2.23. The second-order valence-electron chi connectivity index (χ2n) is 7.22. The zero-order valence-electron chi connectivity index (χ0n) is 16.3. The third-order valence-electron chi connectivity index (χ3n) is 5.33. The van der Waals surface area contributed by atoms with Crippen LogP contribution >= 0.6 is 12.4 Å². The number of carbonyl (C=O) groups excluding carboxylic acids is 2. The molecule has 0 spiro atoms. The first-order valence-electron chi connectivity index (χ1n) is 9.81. The predicted molar refractivity (Wildman–Crippen MR) is 115 cm³/mol. The minimum Gasteiger partial charge on any atom is -0.492 e. The largest absolute Gasteiger partial charge is 0.492 e. The molecule has 0 unspecified atom stereocenters. The van der Waals surface area contributed by atoms with Gasteiger partial charge in [-0.2, -0.15) is 0 Å². The first-order chi connectivity index (χ1) is 13.7. The lowest BCUT2D eigenvalue weighted by Crippen LogP contribution is -2.49. The summed E-state index contributed by atoms with van der Waals surface area (Å²) in [5.74, 6) is 0.999. The molecule has 7 heteroatoms. The number of benzene rings is 2. The van der Waals surface area contributed by atoms with Gasteiger partial charge < -0.3 is 15.0 Å². The molecule has 2 amide bonds. The number of para-hydroxylation sites is 1. The fourth-order valence-corrected chi connectivity index (χ4v) is 3.68. The summed E-state index contributed by atoms with van der Waals surface area (Å²) in [7, 11) is 0. The van der Waals surface area contributed by atoms with E-state index in [0.29, 0.717) is 25.0 Å². The van der Waals surface area contributed by atoms with E-state index < -0.39 is 0 Å². The van der Waals surface area contributed by atoms with E-state index in [2.05, 4.69) is 10.2 Å². The molecule has 0 atom stereocenters. The molecule has 4 rings (SSSR count). The quantitative estimate of drug-likeness (QED) is 0.815. The van der Waals surface area contributed by atoms with Crippen molar-refractivity contribution in [1.29, 1.82) is 0 Å². The summed E-state index contributed by atoms with van der Waals surface area (Å²) in [5, 5.41) is 2.86. The number of fused-ring (bicyclic) bond motifs is 1. The Hall–Kier alpha value is -2.57. The maximum Gasteiger partial charge on any atom is 0.253 e. The highest BCUT2D eigenvalue weighted by Crippen LogP contribution is 2.24. The van der Waals surface area contributed by atoms with Gasteiger partial charge in [-0.05, 0) is 42.3 Å². The Morgan fingerprint density at radius 2 is 1.76 bits per heavy atom. The molecule has 2 aliphatic heterocycles. The van der Waals surface area contributed by atoms with E-state index in [1.54, 1.807) is 0 Å². The maximum absolute atomic E-state index is 12.9. The minimum absolute atomic E-state index is 0. The summed E-state index contributed by atoms with van der Waals surface area (Å²) >= 11 is 0. The summed E-state index contributed by atoms with van der Waals surface area (Å²) in [5.41, 5.74) is 2.58. The highest BCUT2D eigenvalue weighted by molar-refractivity contribution is 5.98. The van der Waals surface area contributed by atoms with Crippen molar-refractivity contribution < 1.29 is 14.3 Å². The summed E-state index contributed by atoms with van der Waals surface area (Å²) < 4.78 is 5.76. The Morgan fingerprint density at radius 3 is 2.52 bits per heavy atom. The predicted octanol–water partition coefficient (Wildman–Crippen LogP) is 2.83. The summed E-state index contributed by atoms with van der Waals surface area (Å²) in [6.07, 6.45) is 1.17. The molecule has 2 aliphatic rings. The van der Waals surface area contributed by atoms with Gasteiger partial charge in [0.25, 0.3) is 5.91 Å². The molecule has 2 aromatic rings. The fraction of sp³-hybridized carbons (Fsp3) is 0.364. The SMILES string of the molecule is Cl.O=C1CCc2cc(C(=O)N3CCN(CCOc4ccccc4)CC3)ccc2N1. The van der Waals surface area contributed by atoms with Gasteiger partial charge in [0.1, 0.15) is 12.4 Å². The van der Waals surface area contributed by atoms with Crippen molar-refractivity contribution in [2.45, 2.75) is 12.8 Å². The molecule has 154 valence electrons. The number of halogens is 1. The van der Waals surface area contributed by atoms with Crippen LogP contribution in [0.3, 0.4) is 0 Å². The average Bonchev–Trinajstić information content (AvgIpc) is 2.74. The Bertz CT molecular complexity index is 852. The second-order valence-corrected chi connectivity index (χ2v) is 7.22. The number of piperazine rings is 1. The normalized spacial score (nSPS) is 16.4. The lowest BCUT2D eigenvalue weighted by atomic mass is 10.00. The van der Waals surface area contributed by atoms with Crippen molar-refractivity contribution in [1.82, 2.24) is 9.80 Å². The third kappa shape index (κ3) is 5.28. The van der Waals surface area contributed by atoms with Crippen molar-refractivity contribution >= 4 is 29.9 Å². The average molecular weight is 416 g/mol. The molecule has 0 aromatic heterocycles. The highest BCUT2D eigenvalue weighted by atomic mass is 35.5. The van der Waals surface area contributed by atoms with E-state index in [1.165, 1.54) is 0 Å². The van der Waals surface area contributed by atoms with Gasteiger partial charge in [0, 0.05) is 50.4 Å². The van der Waals surface area contributed by atoms with Crippen LogP contribution in [0.25, 0.3) is 0 Å². The third-order valence-corrected chi connectivity index (χ3v) is 5.33. The zero-order valence-corrected chi connectivity index (χ0v) is 17.1. The number of carbonyl (C=O) groups is 2. The van der Waals surface area contributed by atoms with Crippen LogP contribution in [0.15, 0.2) is 48.5 Å². The Morgan fingerprint density at radius 1 is 1.00 bits per heavy atom. The van der Waals surface area contributed by atoms with Gasteiger partial charge in [0.05, 0.1) is 0 Å². The number of hydrogen-bond donors (Lipinski definition) is 1. The van der Waals surface area contributed by atoms with Crippen LogP contribution < -0.4 is 10.1 Å². The van der Waals surface area contributed by atoms with Gasteiger partial charge in [-0.3, -0.25) is 14.5 Å². The van der Waals surface area contributed by atoms with E-state index in [-0.39, 0.29) is 24.2 Å². The number of anilines is 1. The van der Waals surface area contributed by atoms with Crippen LogP contribution in [0.1, 0.15) is 22.3 Å². The van der Waals surface area contributed by atoms with Crippen molar-refractivity contribution in [3.8, 4) is 5.75 Å². The first-order valence-corrected chi connectivity index (χ1v) is 9.81. The van der Waals surface area contributed by atoms with Crippen LogP contribution in [0.2, 0.25) is 0 Å². The van der Waals surface area contributed by atoms with Gasteiger partial charge in [0.2, 0.25) is 5.91 Å². The fourth-order valence-electron chi connectivity index (χ4n) is 3.68. The van der Waals surface area contributed by atoms with E-state index in [0.717, 1.165) is 49.7 Å². The van der Waals surface area contributed by atoms with Gasteiger partial charge >= 0.3 is 0 Å². The molecule has 0 radical (unpaired) electrons. The molecular formula is C22H26ClN3O3. The summed E-state index contributed by atoms with van der Waals surface area (Å²) in [6, 6.07) is 15.4. The van der Waals surface area contributed by atoms with Crippen LogP contribution in [0.4, 0.5) is 5.69 Å². The van der Waals surface area contributed by atoms with E-state index in [1.807, 2.05) is 53.4 Å². The van der Waals surface area contributed by atoms with E-state index >= 15 is 0 Å². The standard InChI is InChI=1S/C22H25N3O3.ClH/c26-21-9-7-17-16-18(6-8-20(17)23-21)22(27)25-12-10-24(11-13-25)14-15-28-19-4-2-1-3-5-19;/h1-6,8,16H,7,9-15H2,(H,23,26);1H. The molecule has 0 bridgehead atoms. The van der Waals surface area contributed by atoms with E-state index in [4.69, 9.17) is 4.74 Å². The van der Waals surface area contributed by atoms with Crippen LogP contribution in [0.5, 0.6) is 5.75 Å². The lowest BCUT2D eigenvalue weighted by molar-refractivity contribution is -0.116. The molecule has 1 saturated heterocycles. The van der Waals surface area contributed by atoms with Gasteiger partial charge in [-0.15, -0.1) is 12.4 Å². The topological polar surface area (TPSA) is 61.9 Å². The van der Waals surface area contributed by atoms with Crippen molar-refractivity contribution in [2.75, 3.05) is 44.6 Å². The van der Waals surface area contributed by atoms with Crippen LogP contribution in [-0.4, -0.2) is 60.9 Å². The smallest absolute Gasteiger partial charge is 0.253 e.